The second kappa shape index (κ2) is 13.3. The summed E-state index contributed by atoms with van der Waals surface area (Å²) < 4.78 is 6.51. The van der Waals surface area contributed by atoms with Gasteiger partial charge >= 0.3 is 0 Å². The minimum Gasteiger partial charge on any atom is -0.508 e. The van der Waals surface area contributed by atoms with Crippen molar-refractivity contribution in [1.82, 2.24) is 4.90 Å². The lowest BCUT2D eigenvalue weighted by Crippen LogP contribution is -2.36. The van der Waals surface area contributed by atoms with E-state index in [2.05, 4.69) is 39.0 Å². The normalized spacial score (nSPS) is 21.0. The van der Waals surface area contributed by atoms with Gasteiger partial charge in [0.05, 0.1) is 0 Å². The van der Waals surface area contributed by atoms with Gasteiger partial charge in [0.25, 0.3) is 0 Å². The summed E-state index contributed by atoms with van der Waals surface area (Å²) in [6, 6.07) is 1.83. The molecule has 4 heteroatoms. The van der Waals surface area contributed by atoms with Crippen LogP contribution < -0.4 is 4.74 Å². The van der Waals surface area contributed by atoms with Crippen LogP contribution in [0, 0.1) is 13.8 Å². The molecule has 204 valence electrons. The fourth-order valence-corrected chi connectivity index (χ4v) is 5.57. The third-order valence-corrected chi connectivity index (χ3v) is 8.24. The first-order valence-electron chi connectivity index (χ1n) is 14.4. The van der Waals surface area contributed by atoms with E-state index in [1.807, 2.05) is 31.7 Å². The Morgan fingerprint density at radius 1 is 1.00 bits per heavy atom. The third kappa shape index (κ3) is 8.25. The number of ether oxygens (including phenoxy) is 1. The van der Waals surface area contributed by atoms with E-state index >= 15 is 0 Å². The van der Waals surface area contributed by atoms with Crippen molar-refractivity contribution in [2.24, 2.45) is 0 Å². The summed E-state index contributed by atoms with van der Waals surface area (Å²) in [7, 11) is 0. The summed E-state index contributed by atoms with van der Waals surface area (Å²) in [5.41, 5.74) is 6.73. The minimum absolute atomic E-state index is 0.157. The molecule has 0 aromatic heterocycles. The summed E-state index contributed by atoms with van der Waals surface area (Å²) in [4.78, 5) is 14.6. The van der Waals surface area contributed by atoms with E-state index in [-0.39, 0.29) is 11.5 Å². The fourth-order valence-electron chi connectivity index (χ4n) is 5.57. The van der Waals surface area contributed by atoms with Crippen molar-refractivity contribution in [2.45, 2.75) is 118 Å². The third-order valence-electron chi connectivity index (χ3n) is 8.24. The number of fused-ring (bicyclic) bond motifs is 1. The Morgan fingerprint density at radius 2 is 1.62 bits per heavy atom. The number of phenolic OH excluding ortho intramolecular Hbond substituents is 1. The molecule has 1 aromatic rings. The number of phenols is 1. The van der Waals surface area contributed by atoms with Crippen LogP contribution in [0.4, 0.5) is 0 Å². The Morgan fingerprint density at radius 3 is 2.30 bits per heavy atom. The number of aryl methyl sites for hydroxylation is 1. The minimum atomic E-state index is -0.157. The molecule has 37 heavy (non-hydrogen) atoms. The largest absolute Gasteiger partial charge is 0.508 e. The second-order valence-corrected chi connectivity index (χ2v) is 11.7. The molecule has 3 rings (SSSR count). The van der Waals surface area contributed by atoms with E-state index in [0.29, 0.717) is 5.75 Å². The van der Waals surface area contributed by atoms with E-state index in [9.17, 15) is 9.90 Å². The maximum Gasteiger partial charge on any atom is 0.249 e. The molecule has 0 unspecified atom stereocenters. The quantitative estimate of drug-likeness (QED) is 0.256. The Kier molecular flexibility index (Phi) is 10.5. The summed E-state index contributed by atoms with van der Waals surface area (Å²) in [6.45, 7) is 14.5. The van der Waals surface area contributed by atoms with Gasteiger partial charge in [0.1, 0.15) is 17.1 Å². The van der Waals surface area contributed by atoms with Gasteiger partial charge in [-0.3, -0.25) is 4.79 Å². The fraction of sp³-hybridized carbons (Fsp3) is 0.606. The van der Waals surface area contributed by atoms with Gasteiger partial charge in [-0.2, -0.15) is 0 Å². The van der Waals surface area contributed by atoms with Crippen LogP contribution in [-0.4, -0.2) is 34.6 Å². The zero-order valence-corrected chi connectivity index (χ0v) is 24.2. The monoisotopic (exact) mass is 507 g/mol. The number of hydrogen-bond donors (Lipinski definition) is 1. The zero-order chi connectivity index (χ0) is 27.0. The number of hydrogen-bond acceptors (Lipinski definition) is 3. The molecule has 1 aromatic carbocycles. The molecule has 1 fully saturated rings. The van der Waals surface area contributed by atoms with Crippen molar-refractivity contribution in [3.05, 3.63) is 57.7 Å². The number of allylic oxidation sites excluding steroid dienone is 5. The first kappa shape index (κ1) is 29.1. The van der Waals surface area contributed by atoms with E-state index < -0.39 is 0 Å². The van der Waals surface area contributed by atoms with Gasteiger partial charge in [0, 0.05) is 24.2 Å². The lowest BCUT2D eigenvalue weighted by molar-refractivity contribution is -0.127. The maximum absolute atomic E-state index is 12.5. The van der Waals surface area contributed by atoms with Crippen LogP contribution in [0.15, 0.2) is 41.0 Å². The topological polar surface area (TPSA) is 49.8 Å². The highest BCUT2D eigenvalue weighted by molar-refractivity contribution is 5.92. The van der Waals surface area contributed by atoms with E-state index in [4.69, 9.17) is 4.74 Å². The van der Waals surface area contributed by atoms with Gasteiger partial charge in [0.2, 0.25) is 5.91 Å². The summed E-state index contributed by atoms with van der Waals surface area (Å²) in [5.74, 6) is 1.58. The van der Waals surface area contributed by atoms with Crippen molar-refractivity contribution in [3.63, 3.8) is 0 Å². The van der Waals surface area contributed by atoms with Gasteiger partial charge < -0.3 is 14.7 Å². The molecule has 0 bridgehead atoms. The van der Waals surface area contributed by atoms with Gasteiger partial charge in [-0.15, -0.1) is 0 Å². The van der Waals surface area contributed by atoms with Crippen LogP contribution in [0.25, 0.3) is 0 Å². The van der Waals surface area contributed by atoms with Crippen LogP contribution in [0.1, 0.15) is 109 Å². The van der Waals surface area contributed by atoms with Crippen molar-refractivity contribution < 1.29 is 14.6 Å². The van der Waals surface area contributed by atoms with Gasteiger partial charge in [0.15, 0.2) is 0 Å². The molecular formula is C33H49NO3. The van der Waals surface area contributed by atoms with Crippen LogP contribution in [0.3, 0.4) is 0 Å². The average Bonchev–Trinajstić information content (AvgIpc) is 2.87. The van der Waals surface area contributed by atoms with Gasteiger partial charge in [-0.25, -0.2) is 0 Å². The van der Waals surface area contributed by atoms with Crippen LogP contribution in [-0.2, 0) is 11.2 Å². The van der Waals surface area contributed by atoms with Crippen LogP contribution >= 0.6 is 0 Å². The highest BCUT2D eigenvalue weighted by Crippen LogP contribution is 2.42. The molecule has 0 spiro atoms. The van der Waals surface area contributed by atoms with Crippen molar-refractivity contribution >= 4 is 5.91 Å². The molecule has 2 aliphatic rings. The molecule has 1 saturated heterocycles. The number of amides is 1. The van der Waals surface area contributed by atoms with E-state index in [1.54, 1.807) is 0 Å². The molecule has 0 aliphatic carbocycles. The molecule has 4 nitrogen and oxygen atoms in total. The predicted molar refractivity (Wildman–Crippen MR) is 154 cm³/mol. The standard InChI is InChI=1S/C33H49NO3/c1-24(15-11-17-26(3)32(36)34-21-8-7-9-22-34)13-10-14-25(2)16-12-19-33(6)20-18-29-28(5)30(35)23-27(4)31(29)37-33/h13,16-17,23,35H,7-12,14-15,18-22H2,1-6H3/b24-13+,25-16+,26-17+/t33-/m1/s1. The SMILES string of the molecule is C/C(=C\CC/C(C)=C/CC[C@]1(C)CCc2c(C)c(O)cc(C)c2O1)CC/C=C(\C)C(=O)N1CCCCC1. The molecular weight excluding hydrogens is 458 g/mol. The molecule has 0 radical (unpaired) electrons. The van der Waals surface area contributed by atoms with Crippen LogP contribution in [0.5, 0.6) is 11.5 Å². The Balaban J connectivity index is 1.39. The highest BCUT2D eigenvalue weighted by Gasteiger charge is 2.33. The van der Waals surface area contributed by atoms with Crippen molar-refractivity contribution in [3.8, 4) is 11.5 Å². The smallest absolute Gasteiger partial charge is 0.249 e. The number of likely N-dealkylation sites (tertiary alicyclic amines) is 1. The highest BCUT2D eigenvalue weighted by atomic mass is 16.5. The van der Waals surface area contributed by atoms with Crippen molar-refractivity contribution in [1.29, 1.82) is 0 Å². The van der Waals surface area contributed by atoms with E-state index in [0.717, 1.165) is 99.7 Å². The lowest BCUT2D eigenvalue weighted by atomic mass is 9.86. The molecule has 2 heterocycles. The summed E-state index contributed by atoms with van der Waals surface area (Å²) in [5, 5.41) is 10.1. The molecule has 0 saturated carbocycles. The number of carbonyl (C=O) groups excluding carboxylic acids is 1. The molecule has 1 N–H and O–H groups in total. The van der Waals surface area contributed by atoms with Crippen molar-refractivity contribution in [2.75, 3.05) is 13.1 Å². The van der Waals surface area contributed by atoms with Gasteiger partial charge in [-0.1, -0.05) is 29.4 Å². The zero-order valence-electron chi connectivity index (χ0n) is 24.2. The van der Waals surface area contributed by atoms with Crippen LogP contribution in [0.2, 0.25) is 0 Å². The number of rotatable bonds is 10. The number of nitrogens with zero attached hydrogens (tertiary/aromatic N) is 1. The number of aromatic hydroxyl groups is 1. The number of carbonyl (C=O) groups is 1. The molecule has 1 atom stereocenters. The first-order chi connectivity index (χ1) is 17.6. The summed E-state index contributed by atoms with van der Waals surface area (Å²) >= 11 is 0. The average molecular weight is 508 g/mol. The summed E-state index contributed by atoms with van der Waals surface area (Å²) in [6.07, 6.45) is 18.4. The Hall–Kier alpha value is -2.49. The first-order valence-corrected chi connectivity index (χ1v) is 14.4. The number of benzene rings is 1. The van der Waals surface area contributed by atoms with E-state index in [1.165, 1.54) is 23.1 Å². The molecule has 2 aliphatic heterocycles. The molecule has 1 amide bonds. The number of piperidine rings is 1. The Labute approximate surface area is 225 Å². The predicted octanol–water partition coefficient (Wildman–Crippen LogP) is 8.28. The maximum atomic E-state index is 12.5. The Bertz CT molecular complexity index is 1040. The second-order valence-electron chi connectivity index (χ2n) is 11.7. The van der Waals surface area contributed by atoms with Gasteiger partial charge in [-0.05, 0) is 129 Å². The lowest BCUT2D eigenvalue weighted by Gasteiger charge is -2.37.